The number of aryl methyl sites for hydroxylation is 1. The van der Waals surface area contributed by atoms with E-state index in [2.05, 4.69) is 15.7 Å². The quantitative estimate of drug-likeness (QED) is 0.571. The van der Waals surface area contributed by atoms with Crippen LogP contribution in [-0.2, 0) is 16.0 Å². The SMILES string of the molecule is CCN1NC(Cc2ccccc2C)(C(=O)O)C=C(Nc2cncc3ccccc23)C1=O. The van der Waals surface area contributed by atoms with Crippen LogP contribution >= 0.6 is 0 Å². The first-order valence-electron chi connectivity index (χ1n) is 10.1. The van der Waals surface area contributed by atoms with Gasteiger partial charge in [0.15, 0.2) is 5.54 Å². The van der Waals surface area contributed by atoms with Crippen molar-refractivity contribution >= 4 is 28.3 Å². The van der Waals surface area contributed by atoms with Crippen molar-refractivity contribution in [3.05, 3.63) is 83.8 Å². The van der Waals surface area contributed by atoms with E-state index in [1.54, 1.807) is 19.3 Å². The molecule has 0 spiro atoms. The number of likely N-dealkylation sites (N-methyl/N-ethyl adjacent to an activating group) is 1. The van der Waals surface area contributed by atoms with Crippen molar-refractivity contribution in [2.45, 2.75) is 25.8 Å². The third kappa shape index (κ3) is 3.87. The lowest BCUT2D eigenvalue weighted by Crippen LogP contribution is -2.64. The van der Waals surface area contributed by atoms with Crippen molar-refractivity contribution in [2.24, 2.45) is 0 Å². The van der Waals surface area contributed by atoms with Crippen LogP contribution in [0.1, 0.15) is 18.1 Å². The van der Waals surface area contributed by atoms with Gasteiger partial charge in [0.1, 0.15) is 5.70 Å². The van der Waals surface area contributed by atoms with Gasteiger partial charge < -0.3 is 10.4 Å². The third-order valence-electron chi connectivity index (χ3n) is 5.57. The molecule has 3 N–H and O–H groups in total. The fraction of sp³-hybridized carbons (Fsp3) is 0.208. The van der Waals surface area contributed by atoms with Gasteiger partial charge in [-0.1, -0.05) is 48.5 Å². The van der Waals surface area contributed by atoms with Crippen molar-refractivity contribution in [3.8, 4) is 0 Å². The number of rotatable bonds is 6. The van der Waals surface area contributed by atoms with Gasteiger partial charge in [-0.15, -0.1) is 0 Å². The Labute approximate surface area is 180 Å². The highest BCUT2D eigenvalue weighted by Crippen LogP contribution is 2.28. The molecular weight excluding hydrogens is 392 g/mol. The summed E-state index contributed by atoms with van der Waals surface area (Å²) in [6, 6.07) is 15.3. The molecule has 7 heteroatoms. The van der Waals surface area contributed by atoms with Gasteiger partial charge in [-0.2, -0.15) is 0 Å². The largest absolute Gasteiger partial charge is 0.480 e. The summed E-state index contributed by atoms with van der Waals surface area (Å²) in [6.45, 7) is 4.06. The van der Waals surface area contributed by atoms with Crippen LogP contribution in [0.25, 0.3) is 10.8 Å². The summed E-state index contributed by atoms with van der Waals surface area (Å²) in [6.07, 6.45) is 5.06. The van der Waals surface area contributed by atoms with Crippen molar-refractivity contribution in [1.82, 2.24) is 15.4 Å². The Morgan fingerprint density at radius 2 is 1.90 bits per heavy atom. The molecule has 31 heavy (non-hydrogen) atoms. The Kier molecular flexibility index (Phi) is 5.44. The van der Waals surface area contributed by atoms with E-state index < -0.39 is 11.5 Å². The fourth-order valence-corrected chi connectivity index (χ4v) is 3.84. The van der Waals surface area contributed by atoms with Gasteiger partial charge in [0, 0.05) is 29.9 Å². The van der Waals surface area contributed by atoms with E-state index in [1.807, 2.05) is 55.5 Å². The normalized spacial score (nSPS) is 18.7. The number of aliphatic carboxylic acids is 1. The molecule has 0 aliphatic carbocycles. The second-order valence-corrected chi connectivity index (χ2v) is 7.63. The number of carboxylic acids is 1. The van der Waals surface area contributed by atoms with Crippen molar-refractivity contribution < 1.29 is 14.7 Å². The first-order valence-corrected chi connectivity index (χ1v) is 10.1. The van der Waals surface area contributed by atoms with Gasteiger partial charge in [0.2, 0.25) is 0 Å². The molecule has 0 radical (unpaired) electrons. The standard InChI is InChI=1S/C24H24N4O3/c1-3-28-22(29)20(26-21-15-25-14-18-10-6-7-11-19(18)21)13-24(27-28,23(30)31)12-17-9-5-4-8-16(17)2/h4-11,13-15,26-27H,3,12H2,1-2H3,(H,30,31). The number of carboxylic acid groups (broad SMARTS) is 1. The molecule has 0 bridgehead atoms. The van der Waals surface area contributed by atoms with Crippen LogP contribution in [-0.4, -0.2) is 39.1 Å². The van der Waals surface area contributed by atoms with Gasteiger partial charge in [-0.3, -0.25) is 14.8 Å². The molecule has 1 aliphatic rings. The number of carbonyl (C=O) groups is 2. The zero-order valence-corrected chi connectivity index (χ0v) is 17.4. The van der Waals surface area contributed by atoms with Gasteiger partial charge in [-0.25, -0.2) is 10.2 Å². The number of carbonyl (C=O) groups excluding carboxylic acids is 1. The first-order chi connectivity index (χ1) is 14.9. The maximum absolute atomic E-state index is 13.0. The highest BCUT2D eigenvalue weighted by molar-refractivity contribution is 6.02. The third-order valence-corrected chi connectivity index (χ3v) is 5.57. The molecule has 1 aliphatic heterocycles. The number of hydrogen-bond acceptors (Lipinski definition) is 5. The highest BCUT2D eigenvalue weighted by Gasteiger charge is 2.44. The minimum atomic E-state index is -1.48. The monoisotopic (exact) mass is 416 g/mol. The Bertz CT molecular complexity index is 1180. The van der Waals surface area contributed by atoms with Gasteiger partial charge >= 0.3 is 5.97 Å². The summed E-state index contributed by atoms with van der Waals surface area (Å²) in [5.41, 5.74) is 4.20. The van der Waals surface area contributed by atoms with E-state index in [1.165, 1.54) is 11.1 Å². The lowest BCUT2D eigenvalue weighted by molar-refractivity contribution is -0.148. The average molecular weight is 416 g/mol. The van der Waals surface area contributed by atoms with E-state index in [0.29, 0.717) is 12.2 Å². The number of pyridine rings is 1. The van der Waals surface area contributed by atoms with Crippen LogP contribution in [0.5, 0.6) is 0 Å². The van der Waals surface area contributed by atoms with Crippen LogP contribution < -0.4 is 10.7 Å². The van der Waals surface area contributed by atoms with E-state index in [9.17, 15) is 14.7 Å². The maximum Gasteiger partial charge on any atom is 0.330 e. The lowest BCUT2D eigenvalue weighted by atomic mass is 9.87. The molecular formula is C24H24N4O3. The maximum atomic E-state index is 13.0. The molecule has 1 atom stereocenters. The van der Waals surface area contributed by atoms with Gasteiger partial charge in [0.05, 0.1) is 11.9 Å². The minimum absolute atomic E-state index is 0.192. The lowest BCUT2D eigenvalue weighted by Gasteiger charge is -2.39. The summed E-state index contributed by atoms with van der Waals surface area (Å²) < 4.78 is 0. The number of anilines is 1. The number of benzene rings is 2. The Balaban J connectivity index is 1.80. The average Bonchev–Trinajstić information content (AvgIpc) is 2.77. The zero-order chi connectivity index (χ0) is 22.0. The summed E-state index contributed by atoms with van der Waals surface area (Å²) in [5.74, 6) is -1.38. The van der Waals surface area contributed by atoms with Crippen molar-refractivity contribution in [2.75, 3.05) is 11.9 Å². The number of nitrogens with one attached hydrogen (secondary N) is 2. The second-order valence-electron chi connectivity index (χ2n) is 7.63. The van der Waals surface area contributed by atoms with Crippen molar-refractivity contribution in [3.63, 3.8) is 0 Å². The molecule has 158 valence electrons. The second kappa shape index (κ2) is 8.20. The summed E-state index contributed by atoms with van der Waals surface area (Å²) >= 11 is 0. The van der Waals surface area contributed by atoms with Crippen LogP contribution in [0.4, 0.5) is 5.69 Å². The van der Waals surface area contributed by atoms with Crippen LogP contribution in [0.15, 0.2) is 72.7 Å². The number of amides is 1. The number of hydrazine groups is 1. The summed E-state index contributed by atoms with van der Waals surface area (Å²) in [7, 11) is 0. The number of hydrogen-bond donors (Lipinski definition) is 3. The number of fused-ring (bicyclic) bond motifs is 1. The van der Waals surface area contributed by atoms with Crippen LogP contribution in [0.3, 0.4) is 0 Å². The molecule has 1 aromatic heterocycles. The summed E-state index contributed by atoms with van der Waals surface area (Å²) in [4.78, 5) is 29.8. The Hall–Kier alpha value is -3.71. The molecule has 0 saturated heterocycles. The van der Waals surface area contributed by atoms with Gasteiger partial charge in [0.25, 0.3) is 5.91 Å². The number of aromatic nitrogens is 1. The molecule has 7 nitrogen and oxygen atoms in total. The first kappa shape index (κ1) is 20.6. The molecule has 0 saturated carbocycles. The van der Waals surface area contributed by atoms with Crippen LogP contribution in [0, 0.1) is 6.92 Å². The van der Waals surface area contributed by atoms with Crippen molar-refractivity contribution in [1.29, 1.82) is 0 Å². The Morgan fingerprint density at radius 3 is 2.65 bits per heavy atom. The van der Waals surface area contributed by atoms with E-state index in [-0.39, 0.29) is 18.0 Å². The van der Waals surface area contributed by atoms with E-state index in [0.717, 1.165) is 21.9 Å². The van der Waals surface area contributed by atoms with Crippen LogP contribution in [0.2, 0.25) is 0 Å². The smallest absolute Gasteiger partial charge is 0.330 e. The molecule has 2 heterocycles. The molecule has 0 fully saturated rings. The topological polar surface area (TPSA) is 94.6 Å². The minimum Gasteiger partial charge on any atom is -0.480 e. The fourth-order valence-electron chi connectivity index (χ4n) is 3.84. The Morgan fingerprint density at radius 1 is 1.16 bits per heavy atom. The molecule has 1 amide bonds. The molecule has 3 aromatic rings. The van der Waals surface area contributed by atoms with Gasteiger partial charge in [-0.05, 0) is 31.1 Å². The number of nitrogens with zero attached hydrogens (tertiary/aromatic N) is 2. The highest BCUT2D eigenvalue weighted by atomic mass is 16.4. The molecule has 1 unspecified atom stereocenters. The van der Waals surface area contributed by atoms with E-state index >= 15 is 0 Å². The van der Waals surface area contributed by atoms with E-state index in [4.69, 9.17) is 0 Å². The summed E-state index contributed by atoms with van der Waals surface area (Å²) in [5, 5.41) is 16.5. The predicted octanol–water partition coefficient (Wildman–Crippen LogP) is 3.27. The zero-order valence-electron chi connectivity index (χ0n) is 17.4. The molecule has 4 rings (SSSR count). The predicted molar refractivity (Wildman–Crippen MR) is 119 cm³/mol. The molecule has 2 aromatic carbocycles.